The van der Waals surface area contributed by atoms with Gasteiger partial charge in [-0.15, -0.1) is 0 Å². The molecule has 0 radical (unpaired) electrons. The molecule has 1 atom stereocenters. The molecule has 1 aromatic heterocycles. The predicted octanol–water partition coefficient (Wildman–Crippen LogP) is 5.73. The fraction of sp³-hybridized carbons (Fsp3) is 0.286. The molecule has 0 amide bonds. The highest BCUT2D eigenvalue weighted by Crippen LogP contribution is 2.37. The lowest BCUT2D eigenvalue weighted by Gasteiger charge is -2.12. The first-order valence-electron chi connectivity index (χ1n) is 6.02. The van der Waals surface area contributed by atoms with Gasteiger partial charge in [-0.25, -0.2) is 9.97 Å². The highest BCUT2D eigenvalue weighted by atomic mass is 79.9. The Morgan fingerprint density at radius 3 is 2.26 bits per heavy atom. The number of aromatic nitrogens is 2. The van der Waals surface area contributed by atoms with Crippen molar-refractivity contribution in [3.8, 4) is 11.1 Å². The van der Waals surface area contributed by atoms with Crippen LogP contribution in [0, 0.1) is 0 Å². The Kier molecular flexibility index (Phi) is 4.82. The molecule has 0 saturated heterocycles. The number of hydrogen-bond acceptors (Lipinski definition) is 2. The molecule has 1 aromatic carbocycles. The fourth-order valence-electron chi connectivity index (χ4n) is 1.71. The molecular weight excluding hydrogens is 347 g/mol. The molecule has 19 heavy (non-hydrogen) atoms. The molecule has 0 aliphatic carbocycles. The lowest BCUT2D eigenvalue weighted by atomic mass is 10.1. The second-order valence-corrected chi connectivity index (χ2v) is 5.90. The summed E-state index contributed by atoms with van der Waals surface area (Å²) >= 11 is 16.1. The van der Waals surface area contributed by atoms with Crippen molar-refractivity contribution in [2.45, 2.75) is 26.2 Å². The maximum absolute atomic E-state index is 6.29. The van der Waals surface area contributed by atoms with Crippen LogP contribution in [0.4, 0.5) is 0 Å². The third kappa shape index (κ3) is 3.10. The van der Waals surface area contributed by atoms with E-state index in [1.807, 2.05) is 24.3 Å². The van der Waals surface area contributed by atoms with Gasteiger partial charge in [0.2, 0.25) is 0 Å². The minimum absolute atomic E-state index is 0.239. The summed E-state index contributed by atoms with van der Waals surface area (Å²) < 4.78 is 0.915. The molecule has 0 fully saturated rings. The van der Waals surface area contributed by atoms with Crippen molar-refractivity contribution < 1.29 is 0 Å². The Morgan fingerprint density at radius 2 is 1.74 bits per heavy atom. The van der Waals surface area contributed by atoms with Crippen LogP contribution in [0.25, 0.3) is 11.1 Å². The van der Waals surface area contributed by atoms with E-state index < -0.39 is 0 Å². The first-order chi connectivity index (χ1) is 9.04. The summed E-state index contributed by atoms with van der Waals surface area (Å²) in [6, 6.07) is 7.73. The van der Waals surface area contributed by atoms with Crippen molar-refractivity contribution >= 4 is 39.1 Å². The van der Waals surface area contributed by atoms with Crippen LogP contribution in [0.15, 0.2) is 28.7 Å². The van der Waals surface area contributed by atoms with Crippen molar-refractivity contribution in [3.05, 3.63) is 44.9 Å². The van der Waals surface area contributed by atoms with Gasteiger partial charge in [0.15, 0.2) is 0 Å². The Hall–Kier alpha value is -0.640. The molecule has 0 bridgehead atoms. The minimum Gasteiger partial charge on any atom is -0.220 e. The molecule has 0 aliphatic rings. The van der Waals surface area contributed by atoms with Crippen molar-refractivity contribution in [3.63, 3.8) is 0 Å². The van der Waals surface area contributed by atoms with Gasteiger partial charge in [-0.1, -0.05) is 71.2 Å². The van der Waals surface area contributed by atoms with E-state index in [0.29, 0.717) is 21.7 Å². The van der Waals surface area contributed by atoms with Crippen LogP contribution in [0.3, 0.4) is 0 Å². The second kappa shape index (κ2) is 6.21. The molecule has 0 saturated carbocycles. The Bertz CT molecular complexity index is 579. The Labute approximate surface area is 131 Å². The summed E-state index contributed by atoms with van der Waals surface area (Å²) in [5.41, 5.74) is 1.57. The average molecular weight is 360 g/mol. The van der Waals surface area contributed by atoms with Crippen LogP contribution in [-0.2, 0) is 0 Å². The van der Waals surface area contributed by atoms with Gasteiger partial charge in [-0.05, 0) is 12.5 Å². The van der Waals surface area contributed by atoms with Crippen LogP contribution in [0.1, 0.15) is 32.0 Å². The third-order valence-electron chi connectivity index (χ3n) is 3.03. The minimum atomic E-state index is 0.239. The van der Waals surface area contributed by atoms with Gasteiger partial charge in [0.1, 0.15) is 16.1 Å². The summed E-state index contributed by atoms with van der Waals surface area (Å²) in [6.07, 6.45) is 0.945. The zero-order chi connectivity index (χ0) is 14.0. The molecule has 5 heteroatoms. The van der Waals surface area contributed by atoms with Gasteiger partial charge >= 0.3 is 0 Å². The SMILES string of the molecule is CCC(C)c1nc(Cl)c(-c2ccccc2Br)c(Cl)n1. The topological polar surface area (TPSA) is 25.8 Å². The Balaban J connectivity index is 2.58. The van der Waals surface area contributed by atoms with Crippen molar-refractivity contribution in [1.29, 1.82) is 0 Å². The highest BCUT2D eigenvalue weighted by Gasteiger charge is 2.17. The van der Waals surface area contributed by atoms with E-state index in [9.17, 15) is 0 Å². The highest BCUT2D eigenvalue weighted by molar-refractivity contribution is 9.10. The summed E-state index contributed by atoms with van der Waals surface area (Å²) in [5, 5.41) is 0.782. The zero-order valence-electron chi connectivity index (χ0n) is 10.6. The van der Waals surface area contributed by atoms with Crippen LogP contribution in [0.5, 0.6) is 0 Å². The maximum atomic E-state index is 6.29. The lowest BCUT2D eigenvalue weighted by Crippen LogP contribution is -2.02. The molecule has 0 N–H and O–H groups in total. The number of nitrogens with zero attached hydrogens (tertiary/aromatic N) is 2. The molecule has 2 aromatic rings. The van der Waals surface area contributed by atoms with E-state index in [2.05, 4.69) is 39.7 Å². The van der Waals surface area contributed by atoms with Crippen molar-refractivity contribution in [2.24, 2.45) is 0 Å². The van der Waals surface area contributed by atoms with Gasteiger partial charge in [0, 0.05) is 16.0 Å². The van der Waals surface area contributed by atoms with E-state index in [4.69, 9.17) is 23.2 Å². The quantitative estimate of drug-likeness (QED) is 0.654. The smallest absolute Gasteiger partial charge is 0.142 e. The van der Waals surface area contributed by atoms with Gasteiger partial charge in [-0.2, -0.15) is 0 Å². The van der Waals surface area contributed by atoms with E-state index in [-0.39, 0.29) is 5.92 Å². The first-order valence-corrected chi connectivity index (χ1v) is 7.57. The van der Waals surface area contributed by atoms with Gasteiger partial charge in [-0.3, -0.25) is 0 Å². The number of rotatable bonds is 3. The van der Waals surface area contributed by atoms with Crippen LogP contribution in [0.2, 0.25) is 10.3 Å². The zero-order valence-corrected chi connectivity index (χ0v) is 13.7. The number of hydrogen-bond donors (Lipinski definition) is 0. The van der Waals surface area contributed by atoms with Gasteiger partial charge in [0.25, 0.3) is 0 Å². The largest absolute Gasteiger partial charge is 0.220 e. The molecule has 2 nitrogen and oxygen atoms in total. The molecule has 0 aliphatic heterocycles. The van der Waals surface area contributed by atoms with Crippen molar-refractivity contribution in [1.82, 2.24) is 9.97 Å². The van der Waals surface area contributed by atoms with Gasteiger partial charge in [0.05, 0.1) is 5.56 Å². The van der Waals surface area contributed by atoms with Crippen LogP contribution >= 0.6 is 39.1 Å². The molecule has 100 valence electrons. The maximum Gasteiger partial charge on any atom is 0.142 e. The molecule has 1 unspecified atom stereocenters. The normalized spacial score (nSPS) is 12.5. The molecule has 0 spiro atoms. The molecule has 2 rings (SSSR count). The van der Waals surface area contributed by atoms with E-state index in [1.165, 1.54) is 0 Å². The summed E-state index contributed by atoms with van der Waals surface area (Å²) in [5.74, 6) is 0.927. The summed E-state index contributed by atoms with van der Waals surface area (Å²) in [4.78, 5) is 8.74. The van der Waals surface area contributed by atoms with E-state index in [0.717, 1.165) is 16.5 Å². The predicted molar refractivity (Wildman–Crippen MR) is 83.9 cm³/mol. The lowest BCUT2D eigenvalue weighted by molar-refractivity contribution is 0.679. The first kappa shape index (κ1) is 14.8. The van der Waals surface area contributed by atoms with Crippen LogP contribution in [-0.4, -0.2) is 9.97 Å². The number of halogens is 3. The third-order valence-corrected chi connectivity index (χ3v) is 4.27. The van der Waals surface area contributed by atoms with Crippen molar-refractivity contribution in [2.75, 3.05) is 0 Å². The number of benzene rings is 1. The average Bonchev–Trinajstić information content (AvgIpc) is 2.39. The monoisotopic (exact) mass is 358 g/mol. The second-order valence-electron chi connectivity index (χ2n) is 4.33. The van der Waals surface area contributed by atoms with E-state index >= 15 is 0 Å². The van der Waals surface area contributed by atoms with E-state index in [1.54, 1.807) is 0 Å². The molecular formula is C14H13BrCl2N2. The molecule has 1 heterocycles. The standard InChI is InChI=1S/C14H13BrCl2N2/c1-3-8(2)14-18-12(16)11(13(17)19-14)9-6-4-5-7-10(9)15/h4-8H,3H2,1-2H3. The van der Waals surface area contributed by atoms with Gasteiger partial charge < -0.3 is 0 Å². The van der Waals surface area contributed by atoms with Crippen LogP contribution < -0.4 is 0 Å². The fourth-order valence-corrected chi connectivity index (χ4v) is 2.80. The summed E-state index contributed by atoms with van der Waals surface area (Å²) in [7, 11) is 0. The Morgan fingerprint density at radius 1 is 1.16 bits per heavy atom. The summed E-state index contributed by atoms with van der Waals surface area (Å²) in [6.45, 7) is 4.14.